The van der Waals surface area contributed by atoms with Crippen LogP contribution in [0.15, 0.2) is 0 Å². The molecule has 7 unspecified atom stereocenters. The van der Waals surface area contributed by atoms with Crippen LogP contribution < -0.4 is 5.32 Å². The predicted molar refractivity (Wildman–Crippen MR) is 292 cm³/mol. The molecule has 1 aliphatic heterocycles. The molecule has 71 heavy (non-hydrogen) atoms. The quantitative estimate of drug-likeness (QED) is 0.0251. The Morgan fingerprint density at radius 1 is 0.507 bits per heavy atom. The zero-order chi connectivity index (χ0) is 51.9. The molecule has 1 aliphatic rings. The minimum Gasteiger partial charge on any atom is -0.394 e. The maximum Gasteiger partial charge on any atom is 0.397 e. The molecule has 12 nitrogen and oxygen atoms in total. The number of aliphatic hydroxyl groups is 4. The van der Waals surface area contributed by atoms with Crippen molar-refractivity contribution in [2.75, 3.05) is 13.2 Å². The average Bonchev–Trinajstić information content (AvgIpc) is 3.34. The van der Waals surface area contributed by atoms with E-state index < -0.39 is 59.9 Å². The molecule has 13 heteroatoms. The SMILES string of the molecule is CCCCCCCCCCCCCCCCCCCCCCCCCCCC(=O)NC(COC1OC(CO)C(O)C(OS(=O)(=O)O)C1O)C(O)CCCCCCCCCCCCCCCCCCCCC. The van der Waals surface area contributed by atoms with Crippen molar-refractivity contribution >= 4 is 16.3 Å². The molecule has 0 saturated carbocycles. The van der Waals surface area contributed by atoms with Gasteiger partial charge in [0.1, 0.15) is 24.4 Å². The van der Waals surface area contributed by atoms with E-state index in [-0.39, 0.29) is 12.5 Å². The molecule has 0 radical (unpaired) electrons. The number of hydrogen-bond acceptors (Lipinski definition) is 10. The molecule has 0 aromatic rings. The van der Waals surface area contributed by atoms with Gasteiger partial charge in [-0.2, -0.15) is 8.42 Å². The second kappa shape index (κ2) is 48.7. The molecule has 1 amide bonds. The lowest BCUT2D eigenvalue weighted by Crippen LogP contribution is -2.61. The Bertz CT molecular complexity index is 1260. The molecule has 6 N–H and O–H groups in total. The standard InChI is InChI=1S/C58H115NO11S/c1-3-5-7-9-11-13-15-17-19-21-23-24-25-26-27-28-30-32-34-36-38-40-42-44-46-48-54(62)59-51(50-68-58-56(64)57(70-71(65,66)67)55(63)53(49-60)69-58)52(61)47-45-43-41-39-37-35-33-31-29-22-20-18-16-14-12-10-8-6-4-2/h51-53,55-58,60-61,63-64H,3-50H2,1-2H3,(H,59,62)(H,65,66,67). The molecule has 0 aromatic heterocycles. The van der Waals surface area contributed by atoms with Crippen LogP contribution in [0.5, 0.6) is 0 Å². The van der Waals surface area contributed by atoms with Crippen LogP contribution in [-0.4, -0.2) is 95.4 Å². The van der Waals surface area contributed by atoms with Gasteiger partial charge in [0.15, 0.2) is 6.29 Å². The molecule has 0 bridgehead atoms. The Morgan fingerprint density at radius 2 is 0.817 bits per heavy atom. The zero-order valence-electron chi connectivity index (χ0n) is 46.1. The molecule has 1 heterocycles. The zero-order valence-corrected chi connectivity index (χ0v) is 46.9. The van der Waals surface area contributed by atoms with E-state index in [1.807, 2.05) is 0 Å². The first kappa shape index (κ1) is 68.1. The fourth-order valence-electron chi connectivity index (χ4n) is 10.2. The van der Waals surface area contributed by atoms with Crippen LogP contribution in [-0.2, 0) is 28.9 Å². The number of ether oxygens (including phenoxy) is 2. The predicted octanol–water partition coefficient (Wildman–Crippen LogP) is 14.5. The lowest BCUT2D eigenvalue weighted by atomic mass is 9.99. The van der Waals surface area contributed by atoms with E-state index in [1.165, 1.54) is 231 Å². The van der Waals surface area contributed by atoms with Crippen LogP contribution in [0.3, 0.4) is 0 Å². The molecular formula is C58H115NO11S. The number of carbonyl (C=O) groups excluding carboxylic acids is 1. The summed E-state index contributed by atoms with van der Waals surface area (Å²) in [4.78, 5) is 13.2. The lowest BCUT2D eigenvalue weighted by molar-refractivity contribution is -0.298. The van der Waals surface area contributed by atoms with Crippen molar-refractivity contribution < 1.29 is 51.8 Å². The fraction of sp³-hybridized carbons (Fsp3) is 0.983. The van der Waals surface area contributed by atoms with E-state index in [0.29, 0.717) is 12.8 Å². The van der Waals surface area contributed by atoms with Crippen LogP contribution in [0.2, 0.25) is 0 Å². The van der Waals surface area contributed by atoms with Gasteiger partial charge in [-0.3, -0.25) is 9.35 Å². The van der Waals surface area contributed by atoms with Crippen LogP contribution in [0, 0.1) is 0 Å². The maximum atomic E-state index is 13.2. The first-order valence-corrected chi connectivity index (χ1v) is 31.8. The van der Waals surface area contributed by atoms with Crippen molar-refractivity contribution in [2.45, 2.75) is 352 Å². The van der Waals surface area contributed by atoms with Crippen molar-refractivity contribution in [2.24, 2.45) is 0 Å². The van der Waals surface area contributed by atoms with E-state index >= 15 is 0 Å². The largest absolute Gasteiger partial charge is 0.397 e. The molecule has 0 spiro atoms. The van der Waals surface area contributed by atoms with Crippen molar-refractivity contribution in [1.29, 1.82) is 0 Å². The second-order valence-electron chi connectivity index (χ2n) is 21.7. The molecule has 0 aromatic carbocycles. The molecule has 0 aliphatic carbocycles. The summed E-state index contributed by atoms with van der Waals surface area (Å²) in [5.41, 5.74) is 0. The third-order valence-electron chi connectivity index (χ3n) is 14.9. The lowest BCUT2D eigenvalue weighted by Gasteiger charge is -2.41. The highest BCUT2D eigenvalue weighted by atomic mass is 32.3. The van der Waals surface area contributed by atoms with Gasteiger partial charge >= 0.3 is 10.4 Å². The fourth-order valence-corrected chi connectivity index (χ4v) is 10.7. The summed E-state index contributed by atoms with van der Waals surface area (Å²) in [7, 11) is -5.08. The van der Waals surface area contributed by atoms with E-state index in [4.69, 9.17) is 9.47 Å². The highest BCUT2D eigenvalue weighted by Gasteiger charge is 2.48. The topological polar surface area (TPSA) is 192 Å². The Labute approximate surface area is 437 Å². The minimum atomic E-state index is -5.08. The molecule has 1 fully saturated rings. The number of nitrogens with one attached hydrogen (secondary N) is 1. The Balaban J connectivity index is 2.30. The molecule has 424 valence electrons. The highest BCUT2D eigenvalue weighted by Crippen LogP contribution is 2.26. The van der Waals surface area contributed by atoms with Crippen molar-refractivity contribution in [1.82, 2.24) is 5.32 Å². The van der Waals surface area contributed by atoms with Gasteiger partial charge in [0.2, 0.25) is 5.91 Å². The number of carbonyl (C=O) groups is 1. The van der Waals surface area contributed by atoms with E-state index in [2.05, 4.69) is 23.3 Å². The summed E-state index contributed by atoms with van der Waals surface area (Å²) in [6, 6.07) is -0.853. The summed E-state index contributed by atoms with van der Waals surface area (Å²) in [5.74, 6) is -0.221. The van der Waals surface area contributed by atoms with Gasteiger partial charge in [0.05, 0.1) is 25.4 Å². The normalized spacial score (nSPS) is 19.3. The summed E-state index contributed by atoms with van der Waals surface area (Å²) >= 11 is 0. The number of hydrogen-bond donors (Lipinski definition) is 6. The Morgan fingerprint density at radius 3 is 1.13 bits per heavy atom. The smallest absolute Gasteiger partial charge is 0.394 e. The van der Waals surface area contributed by atoms with Gasteiger partial charge in [-0.25, -0.2) is 4.18 Å². The second-order valence-corrected chi connectivity index (χ2v) is 22.7. The average molecular weight is 1030 g/mol. The summed E-state index contributed by atoms with van der Waals surface area (Å²) in [6.45, 7) is 3.51. The number of rotatable bonds is 54. The van der Waals surface area contributed by atoms with Gasteiger partial charge in [-0.15, -0.1) is 0 Å². The van der Waals surface area contributed by atoms with Crippen LogP contribution in [0.1, 0.15) is 309 Å². The Hall–Kier alpha value is -0.900. The van der Waals surface area contributed by atoms with Crippen LogP contribution in [0.4, 0.5) is 0 Å². The molecular weight excluding hydrogens is 919 g/mol. The van der Waals surface area contributed by atoms with Gasteiger partial charge < -0.3 is 35.2 Å². The molecule has 1 saturated heterocycles. The minimum absolute atomic E-state index is 0.221. The van der Waals surface area contributed by atoms with Crippen molar-refractivity contribution in [3.05, 3.63) is 0 Å². The number of amides is 1. The first-order valence-electron chi connectivity index (χ1n) is 30.4. The van der Waals surface area contributed by atoms with Gasteiger partial charge in [0, 0.05) is 6.42 Å². The molecule has 1 rings (SSSR count). The first-order chi connectivity index (χ1) is 34.5. The summed E-state index contributed by atoms with van der Waals surface area (Å²) < 4.78 is 48.0. The van der Waals surface area contributed by atoms with E-state index in [9.17, 15) is 38.2 Å². The monoisotopic (exact) mass is 1030 g/mol. The highest BCUT2D eigenvalue weighted by molar-refractivity contribution is 7.80. The van der Waals surface area contributed by atoms with Gasteiger partial charge in [-0.1, -0.05) is 290 Å². The van der Waals surface area contributed by atoms with Gasteiger partial charge in [-0.05, 0) is 12.8 Å². The van der Waals surface area contributed by atoms with E-state index in [1.54, 1.807) is 0 Å². The van der Waals surface area contributed by atoms with Crippen LogP contribution >= 0.6 is 0 Å². The van der Waals surface area contributed by atoms with Crippen molar-refractivity contribution in [3.8, 4) is 0 Å². The number of aliphatic hydroxyl groups excluding tert-OH is 4. The number of unbranched alkanes of at least 4 members (excludes halogenated alkanes) is 42. The Kier molecular flexibility index (Phi) is 46.7. The van der Waals surface area contributed by atoms with Crippen LogP contribution in [0.25, 0.3) is 0 Å². The van der Waals surface area contributed by atoms with Crippen molar-refractivity contribution in [3.63, 3.8) is 0 Å². The van der Waals surface area contributed by atoms with Gasteiger partial charge in [0.25, 0.3) is 0 Å². The summed E-state index contributed by atoms with van der Waals surface area (Å²) in [6.07, 6.45) is 48.3. The maximum absolute atomic E-state index is 13.2. The van der Waals surface area contributed by atoms with E-state index in [0.717, 1.165) is 51.4 Å². The molecule has 7 atom stereocenters. The summed E-state index contributed by atoms with van der Waals surface area (Å²) in [5, 5.41) is 45.2. The third kappa shape index (κ3) is 41.0. The third-order valence-corrected chi connectivity index (χ3v) is 15.4.